The number of hydrogen-bond donors (Lipinski definition) is 1. The summed E-state index contributed by atoms with van der Waals surface area (Å²) < 4.78 is 0. The van der Waals surface area contributed by atoms with Gasteiger partial charge in [0.1, 0.15) is 6.07 Å². The van der Waals surface area contributed by atoms with E-state index in [9.17, 15) is 9.59 Å². The van der Waals surface area contributed by atoms with Gasteiger partial charge in [0.2, 0.25) is 11.8 Å². The van der Waals surface area contributed by atoms with Crippen LogP contribution in [0.1, 0.15) is 18.4 Å². The Hall–Kier alpha value is -2.39. The van der Waals surface area contributed by atoms with Crippen LogP contribution < -0.4 is 5.32 Å². The second-order valence-corrected chi connectivity index (χ2v) is 5.57. The summed E-state index contributed by atoms with van der Waals surface area (Å²) in [5.41, 5.74) is 0.933. The van der Waals surface area contributed by atoms with Gasteiger partial charge in [-0.3, -0.25) is 14.5 Å². The molecule has 0 aromatic heterocycles. The highest BCUT2D eigenvalue weighted by Crippen LogP contribution is 2.19. The van der Waals surface area contributed by atoms with Crippen LogP contribution in [-0.2, 0) is 9.59 Å². The molecule has 1 atom stereocenters. The molecule has 22 heavy (non-hydrogen) atoms. The molecular weight excluding hydrogens is 280 g/mol. The third-order valence-corrected chi connectivity index (χ3v) is 3.76. The van der Waals surface area contributed by atoms with Crippen LogP contribution >= 0.6 is 0 Å². The molecule has 1 saturated heterocycles. The van der Waals surface area contributed by atoms with Crippen LogP contribution in [0, 0.1) is 11.3 Å². The zero-order chi connectivity index (χ0) is 16.1. The number of nitriles is 1. The fourth-order valence-electron chi connectivity index (χ4n) is 2.66. The number of hydrogen-bond acceptors (Lipinski definition) is 4. The lowest BCUT2D eigenvalue weighted by atomic mass is 10.2. The number of nitrogens with zero attached hydrogens (tertiary/aromatic N) is 3. The van der Waals surface area contributed by atoms with E-state index in [0.29, 0.717) is 11.3 Å². The number of likely N-dealkylation sites (tertiary alicyclic amines) is 1. The summed E-state index contributed by atoms with van der Waals surface area (Å²) in [5.74, 6) is -0.177. The van der Waals surface area contributed by atoms with Gasteiger partial charge in [-0.1, -0.05) is 12.1 Å². The van der Waals surface area contributed by atoms with E-state index in [0.717, 1.165) is 19.4 Å². The minimum atomic E-state index is -0.230. The molecule has 116 valence electrons. The number of carbonyl (C=O) groups excluding carboxylic acids is 2. The van der Waals surface area contributed by atoms with Gasteiger partial charge in [0.15, 0.2) is 0 Å². The van der Waals surface area contributed by atoms with Crippen molar-refractivity contribution in [3.05, 3.63) is 29.8 Å². The molecule has 1 fully saturated rings. The van der Waals surface area contributed by atoms with Gasteiger partial charge in [-0.25, -0.2) is 0 Å². The van der Waals surface area contributed by atoms with E-state index in [4.69, 9.17) is 5.26 Å². The van der Waals surface area contributed by atoms with E-state index in [2.05, 4.69) is 5.32 Å². The SMILES string of the molecule is CN(C)C(=O)[C@H]1CCCN1CC(=O)Nc1ccccc1C#N. The van der Waals surface area contributed by atoms with E-state index in [1.165, 1.54) is 0 Å². The maximum Gasteiger partial charge on any atom is 0.239 e. The number of para-hydroxylation sites is 1. The number of anilines is 1. The predicted octanol–water partition coefficient (Wildman–Crippen LogP) is 1.05. The number of amides is 2. The Balaban J connectivity index is 2.00. The molecule has 0 unspecified atom stereocenters. The topological polar surface area (TPSA) is 76.4 Å². The first-order chi connectivity index (χ1) is 10.5. The Kier molecular flexibility index (Phi) is 5.12. The fraction of sp³-hybridized carbons (Fsp3) is 0.438. The fourth-order valence-corrected chi connectivity index (χ4v) is 2.66. The second kappa shape index (κ2) is 7.05. The molecule has 0 bridgehead atoms. The van der Waals surface area contributed by atoms with Crippen molar-refractivity contribution in [3.8, 4) is 6.07 Å². The Morgan fingerprint density at radius 2 is 2.14 bits per heavy atom. The molecule has 6 heteroatoms. The summed E-state index contributed by atoms with van der Waals surface area (Å²) in [6.45, 7) is 0.890. The molecule has 0 aliphatic carbocycles. The van der Waals surface area contributed by atoms with Crippen LogP contribution in [-0.4, -0.2) is 54.8 Å². The minimum absolute atomic E-state index is 0.0303. The van der Waals surface area contributed by atoms with Gasteiger partial charge in [-0.05, 0) is 31.5 Å². The number of carbonyl (C=O) groups is 2. The van der Waals surface area contributed by atoms with E-state index in [1.807, 2.05) is 11.0 Å². The highest BCUT2D eigenvalue weighted by atomic mass is 16.2. The first kappa shape index (κ1) is 16.0. The maximum atomic E-state index is 12.2. The van der Waals surface area contributed by atoms with Crippen molar-refractivity contribution in [2.45, 2.75) is 18.9 Å². The quantitative estimate of drug-likeness (QED) is 0.901. The van der Waals surface area contributed by atoms with Crippen molar-refractivity contribution in [2.75, 3.05) is 32.5 Å². The summed E-state index contributed by atoms with van der Waals surface area (Å²) in [6, 6.07) is 8.69. The zero-order valence-corrected chi connectivity index (χ0v) is 12.9. The Morgan fingerprint density at radius 3 is 2.82 bits per heavy atom. The molecule has 0 radical (unpaired) electrons. The first-order valence-electron chi connectivity index (χ1n) is 7.27. The summed E-state index contributed by atoms with van der Waals surface area (Å²) in [5, 5.41) is 11.8. The molecule has 1 heterocycles. The monoisotopic (exact) mass is 300 g/mol. The van der Waals surface area contributed by atoms with Crippen molar-refractivity contribution in [1.29, 1.82) is 5.26 Å². The molecule has 2 rings (SSSR count). The maximum absolute atomic E-state index is 12.2. The van der Waals surface area contributed by atoms with E-state index in [-0.39, 0.29) is 24.4 Å². The van der Waals surface area contributed by atoms with Gasteiger partial charge in [-0.15, -0.1) is 0 Å². The summed E-state index contributed by atoms with van der Waals surface area (Å²) in [7, 11) is 3.45. The van der Waals surface area contributed by atoms with Crippen molar-refractivity contribution in [1.82, 2.24) is 9.80 Å². The minimum Gasteiger partial charge on any atom is -0.347 e. The Morgan fingerprint density at radius 1 is 1.41 bits per heavy atom. The molecule has 1 aromatic rings. The Labute approximate surface area is 130 Å². The largest absolute Gasteiger partial charge is 0.347 e. The van der Waals surface area contributed by atoms with E-state index >= 15 is 0 Å². The Bertz CT molecular complexity index is 606. The molecule has 6 nitrogen and oxygen atoms in total. The molecule has 1 aromatic carbocycles. The first-order valence-corrected chi connectivity index (χ1v) is 7.27. The highest BCUT2D eigenvalue weighted by molar-refractivity contribution is 5.94. The average Bonchev–Trinajstić information content (AvgIpc) is 2.94. The summed E-state index contributed by atoms with van der Waals surface area (Å²) in [6.07, 6.45) is 1.69. The molecule has 0 saturated carbocycles. The van der Waals surface area contributed by atoms with Gasteiger partial charge < -0.3 is 10.2 Å². The number of nitrogens with one attached hydrogen (secondary N) is 1. The smallest absolute Gasteiger partial charge is 0.239 e. The lowest BCUT2D eigenvalue weighted by molar-refractivity contribution is -0.133. The van der Waals surface area contributed by atoms with Crippen LogP contribution in [0.4, 0.5) is 5.69 Å². The lowest BCUT2D eigenvalue weighted by Gasteiger charge is -2.25. The summed E-state index contributed by atoms with van der Waals surface area (Å²) in [4.78, 5) is 27.7. The normalized spacial score (nSPS) is 17.8. The third-order valence-electron chi connectivity index (χ3n) is 3.76. The third kappa shape index (κ3) is 3.62. The predicted molar refractivity (Wildman–Crippen MR) is 83.1 cm³/mol. The number of likely N-dealkylation sites (N-methyl/N-ethyl adjacent to an activating group) is 1. The molecule has 0 spiro atoms. The zero-order valence-electron chi connectivity index (χ0n) is 12.9. The van der Waals surface area contributed by atoms with Crippen LogP contribution in [0.2, 0.25) is 0 Å². The molecule has 2 amide bonds. The van der Waals surface area contributed by atoms with Crippen LogP contribution in [0.5, 0.6) is 0 Å². The van der Waals surface area contributed by atoms with Gasteiger partial charge >= 0.3 is 0 Å². The van der Waals surface area contributed by atoms with E-state index < -0.39 is 0 Å². The second-order valence-electron chi connectivity index (χ2n) is 5.57. The molecule has 1 aliphatic heterocycles. The van der Waals surface area contributed by atoms with Gasteiger partial charge in [0, 0.05) is 14.1 Å². The van der Waals surface area contributed by atoms with Crippen molar-refractivity contribution in [2.24, 2.45) is 0 Å². The van der Waals surface area contributed by atoms with Crippen molar-refractivity contribution in [3.63, 3.8) is 0 Å². The van der Waals surface area contributed by atoms with Gasteiger partial charge in [-0.2, -0.15) is 5.26 Å². The van der Waals surface area contributed by atoms with Crippen molar-refractivity contribution < 1.29 is 9.59 Å². The van der Waals surface area contributed by atoms with Crippen LogP contribution in [0.15, 0.2) is 24.3 Å². The molecule has 1 N–H and O–H groups in total. The van der Waals surface area contributed by atoms with Gasteiger partial charge in [0.05, 0.1) is 23.8 Å². The van der Waals surface area contributed by atoms with Gasteiger partial charge in [0.25, 0.3) is 0 Å². The van der Waals surface area contributed by atoms with E-state index in [1.54, 1.807) is 43.3 Å². The van der Waals surface area contributed by atoms with Crippen LogP contribution in [0.3, 0.4) is 0 Å². The molecular formula is C16H20N4O2. The van der Waals surface area contributed by atoms with Crippen LogP contribution in [0.25, 0.3) is 0 Å². The lowest BCUT2D eigenvalue weighted by Crippen LogP contribution is -2.45. The average molecular weight is 300 g/mol. The highest BCUT2D eigenvalue weighted by Gasteiger charge is 2.32. The summed E-state index contributed by atoms with van der Waals surface area (Å²) >= 11 is 0. The number of rotatable bonds is 4. The number of benzene rings is 1. The molecule has 1 aliphatic rings. The standard InChI is InChI=1S/C16H20N4O2/c1-19(2)16(22)14-8-5-9-20(14)11-15(21)18-13-7-4-3-6-12(13)10-17/h3-4,6-7,14H,5,8-9,11H2,1-2H3,(H,18,21)/t14-/m1/s1. The van der Waals surface area contributed by atoms with Crippen molar-refractivity contribution >= 4 is 17.5 Å².